The molecule has 2 nitrogen and oxygen atoms in total. The van der Waals surface area contributed by atoms with Gasteiger partial charge in [0.05, 0.1) is 0 Å². The number of rotatable bonds is 0. The number of hydrogen-bond donors (Lipinski definition) is 2. The van der Waals surface area contributed by atoms with E-state index in [1.807, 2.05) is 0 Å². The summed E-state index contributed by atoms with van der Waals surface area (Å²) in [5.74, 6) is 0.685. The van der Waals surface area contributed by atoms with Gasteiger partial charge in [-0.1, -0.05) is 6.92 Å². The van der Waals surface area contributed by atoms with E-state index in [1.54, 1.807) is 0 Å². The second-order valence-corrected chi connectivity index (χ2v) is 3.21. The molecule has 1 fully saturated rings. The Morgan fingerprint density at radius 2 is 1.89 bits per heavy atom. The Bertz CT molecular complexity index is 92.9. The Labute approximate surface area is 56.6 Å². The van der Waals surface area contributed by atoms with Crippen molar-refractivity contribution in [2.75, 3.05) is 0 Å². The van der Waals surface area contributed by atoms with Crippen LogP contribution in [-0.4, -0.2) is 12.1 Å². The van der Waals surface area contributed by atoms with Crippen molar-refractivity contribution in [1.29, 1.82) is 0 Å². The van der Waals surface area contributed by atoms with E-state index in [1.165, 1.54) is 6.42 Å². The Hall–Kier alpha value is -0.0800. The number of nitrogens with two attached hydrogens (primary N) is 2. The molecule has 0 heterocycles. The molecule has 0 aromatic heterocycles. The molecule has 0 bridgehead atoms. The van der Waals surface area contributed by atoms with Gasteiger partial charge in [-0.3, -0.25) is 0 Å². The molecular formula is C7H16N2. The predicted molar refractivity (Wildman–Crippen MR) is 39.0 cm³/mol. The maximum Gasteiger partial charge on any atom is 0.00792 e. The molecule has 1 saturated carbocycles. The van der Waals surface area contributed by atoms with E-state index >= 15 is 0 Å². The maximum atomic E-state index is 5.79. The van der Waals surface area contributed by atoms with Crippen LogP contribution in [0.5, 0.6) is 0 Å². The molecule has 4 N–H and O–H groups in total. The Morgan fingerprint density at radius 1 is 1.22 bits per heavy atom. The fourth-order valence-electron chi connectivity index (χ4n) is 1.39. The first kappa shape index (κ1) is 7.03. The van der Waals surface area contributed by atoms with Crippen LogP contribution in [0.4, 0.5) is 0 Å². The molecule has 0 aromatic rings. The van der Waals surface area contributed by atoms with Crippen molar-refractivity contribution in [1.82, 2.24) is 0 Å². The van der Waals surface area contributed by atoms with E-state index < -0.39 is 0 Å². The lowest BCUT2D eigenvalue weighted by atomic mass is 9.84. The lowest BCUT2D eigenvalue weighted by Gasteiger charge is -2.29. The highest BCUT2D eigenvalue weighted by Crippen LogP contribution is 2.20. The van der Waals surface area contributed by atoms with E-state index in [0.717, 1.165) is 12.8 Å². The van der Waals surface area contributed by atoms with Gasteiger partial charge in [0.25, 0.3) is 0 Å². The van der Waals surface area contributed by atoms with E-state index in [9.17, 15) is 0 Å². The van der Waals surface area contributed by atoms with Gasteiger partial charge in [0.2, 0.25) is 0 Å². The largest absolute Gasteiger partial charge is 0.328 e. The third kappa shape index (κ3) is 1.66. The highest BCUT2D eigenvalue weighted by Gasteiger charge is 2.21. The topological polar surface area (TPSA) is 52.0 Å². The van der Waals surface area contributed by atoms with Gasteiger partial charge in [-0.25, -0.2) is 0 Å². The molecule has 1 aliphatic rings. The zero-order valence-electron chi connectivity index (χ0n) is 6.01. The zero-order chi connectivity index (χ0) is 6.85. The summed E-state index contributed by atoms with van der Waals surface area (Å²) < 4.78 is 0. The molecule has 0 aromatic carbocycles. The standard InChI is InChI=1S/C7H16N2/c1-5-2-3-6(8)4-7(5)9/h5-7H,2-4,8-9H2,1H3/t5-,6-,7+/m1/s1. The van der Waals surface area contributed by atoms with Crippen LogP contribution in [0.3, 0.4) is 0 Å². The molecule has 0 unspecified atom stereocenters. The summed E-state index contributed by atoms with van der Waals surface area (Å²) in [6, 6.07) is 0.727. The summed E-state index contributed by atoms with van der Waals surface area (Å²) >= 11 is 0. The van der Waals surface area contributed by atoms with Crippen LogP contribution in [0, 0.1) is 5.92 Å². The molecule has 9 heavy (non-hydrogen) atoms. The van der Waals surface area contributed by atoms with Crippen LogP contribution < -0.4 is 11.5 Å². The fourth-order valence-corrected chi connectivity index (χ4v) is 1.39. The van der Waals surface area contributed by atoms with Crippen LogP contribution in [0.25, 0.3) is 0 Å². The average molecular weight is 128 g/mol. The average Bonchev–Trinajstić information content (AvgIpc) is 1.80. The Balaban J connectivity index is 2.35. The minimum absolute atomic E-state index is 0.355. The van der Waals surface area contributed by atoms with Gasteiger partial charge in [-0.05, 0) is 25.2 Å². The van der Waals surface area contributed by atoms with Gasteiger partial charge >= 0.3 is 0 Å². The molecule has 1 rings (SSSR count). The molecule has 54 valence electrons. The predicted octanol–water partition coefficient (Wildman–Crippen LogP) is 0.461. The van der Waals surface area contributed by atoms with E-state index in [-0.39, 0.29) is 0 Å². The minimum atomic E-state index is 0.355. The van der Waals surface area contributed by atoms with Crippen LogP contribution in [-0.2, 0) is 0 Å². The third-order valence-electron chi connectivity index (χ3n) is 2.30. The molecule has 0 radical (unpaired) electrons. The quantitative estimate of drug-likeness (QED) is 0.498. The highest BCUT2D eigenvalue weighted by molar-refractivity contribution is 4.81. The van der Waals surface area contributed by atoms with E-state index in [0.29, 0.717) is 18.0 Å². The highest BCUT2D eigenvalue weighted by atomic mass is 14.7. The fraction of sp³-hybridized carbons (Fsp3) is 1.00. The minimum Gasteiger partial charge on any atom is -0.328 e. The van der Waals surface area contributed by atoms with Gasteiger partial charge in [0, 0.05) is 12.1 Å². The second-order valence-electron chi connectivity index (χ2n) is 3.21. The lowest BCUT2D eigenvalue weighted by molar-refractivity contribution is 0.301. The molecule has 2 heteroatoms. The smallest absolute Gasteiger partial charge is 0.00792 e. The molecule has 0 saturated heterocycles. The van der Waals surface area contributed by atoms with Gasteiger partial charge in [0.1, 0.15) is 0 Å². The molecule has 0 amide bonds. The van der Waals surface area contributed by atoms with Crippen molar-refractivity contribution in [2.24, 2.45) is 17.4 Å². The first-order chi connectivity index (χ1) is 4.20. The van der Waals surface area contributed by atoms with Crippen molar-refractivity contribution in [2.45, 2.75) is 38.3 Å². The summed E-state index contributed by atoms with van der Waals surface area (Å²) in [6.07, 6.45) is 3.39. The first-order valence-corrected chi connectivity index (χ1v) is 3.71. The normalized spacial score (nSPS) is 45.0. The van der Waals surface area contributed by atoms with Crippen LogP contribution in [0.15, 0.2) is 0 Å². The zero-order valence-corrected chi connectivity index (χ0v) is 6.01. The maximum absolute atomic E-state index is 5.79. The summed E-state index contributed by atoms with van der Waals surface area (Å²) in [7, 11) is 0. The van der Waals surface area contributed by atoms with Gasteiger partial charge in [0.15, 0.2) is 0 Å². The second kappa shape index (κ2) is 2.67. The van der Waals surface area contributed by atoms with Crippen molar-refractivity contribution in [3.05, 3.63) is 0 Å². The monoisotopic (exact) mass is 128 g/mol. The van der Waals surface area contributed by atoms with Crippen LogP contribution >= 0.6 is 0 Å². The lowest BCUT2D eigenvalue weighted by Crippen LogP contribution is -2.40. The van der Waals surface area contributed by atoms with E-state index in [2.05, 4.69) is 6.92 Å². The molecule has 0 aliphatic heterocycles. The van der Waals surface area contributed by atoms with Crippen molar-refractivity contribution >= 4 is 0 Å². The molecule has 0 spiro atoms. The van der Waals surface area contributed by atoms with Crippen molar-refractivity contribution in [3.63, 3.8) is 0 Å². The van der Waals surface area contributed by atoms with Crippen LogP contribution in [0.1, 0.15) is 26.2 Å². The first-order valence-electron chi connectivity index (χ1n) is 3.71. The van der Waals surface area contributed by atoms with Crippen molar-refractivity contribution < 1.29 is 0 Å². The molecule has 1 aliphatic carbocycles. The summed E-state index contributed by atoms with van der Waals surface area (Å²) in [6.45, 7) is 2.20. The summed E-state index contributed by atoms with van der Waals surface area (Å²) in [4.78, 5) is 0. The van der Waals surface area contributed by atoms with E-state index in [4.69, 9.17) is 11.5 Å². The molecule has 3 atom stereocenters. The van der Waals surface area contributed by atoms with Crippen molar-refractivity contribution in [3.8, 4) is 0 Å². The Morgan fingerprint density at radius 3 is 2.33 bits per heavy atom. The Kier molecular flexibility index (Phi) is 2.09. The molecular weight excluding hydrogens is 112 g/mol. The van der Waals surface area contributed by atoms with Gasteiger partial charge in [-0.2, -0.15) is 0 Å². The summed E-state index contributed by atoms with van der Waals surface area (Å²) in [5.41, 5.74) is 11.5. The van der Waals surface area contributed by atoms with Gasteiger partial charge in [-0.15, -0.1) is 0 Å². The SMILES string of the molecule is C[C@@H]1CC[C@@H](N)C[C@@H]1N. The summed E-state index contributed by atoms with van der Waals surface area (Å²) in [5, 5.41) is 0. The van der Waals surface area contributed by atoms with Crippen LogP contribution in [0.2, 0.25) is 0 Å². The third-order valence-corrected chi connectivity index (χ3v) is 2.30. The number of hydrogen-bond acceptors (Lipinski definition) is 2. The van der Waals surface area contributed by atoms with Gasteiger partial charge < -0.3 is 11.5 Å².